The van der Waals surface area contributed by atoms with Crippen LogP contribution in [0.3, 0.4) is 0 Å². The van der Waals surface area contributed by atoms with Crippen LogP contribution in [0.4, 0.5) is 5.95 Å². The maximum atomic E-state index is 12.9. The lowest BCUT2D eigenvalue weighted by atomic mass is 10.1. The van der Waals surface area contributed by atoms with Crippen LogP contribution in [0, 0.1) is 0 Å². The summed E-state index contributed by atoms with van der Waals surface area (Å²) in [5, 5.41) is 5.21. The summed E-state index contributed by atoms with van der Waals surface area (Å²) in [6, 6.07) is 5.75. The standard InChI is InChI=1S/C20H18N6OS/c1-13(15-3-2-7-21-11-15)24-20-25-16-6-8-28-19(16)18(26-20)17(27)5-4-14-9-22-12-23-10-14/h2-3,6-13H,4-5H2,1H3,(H,24,25,26)/t13-/m0/s1. The molecule has 1 N–H and O–H groups in total. The molecule has 0 aliphatic rings. The van der Waals surface area contributed by atoms with Crippen LogP contribution >= 0.6 is 11.3 Å². The van der Waals surface area contributed by atoms with Crippen molar-refractivity contribution in [2.24, 2.45) is 0 Å². The molecule has 140 valence electrons. The molecule has 0 saturated heterocycles. The first-order valence-electron chi connectivity index (χ1n) is 8.89. The van der Waals surface area contributed by atoms with E-state index in [0.29, 0.717) is 24.5 Å². The Kier molecular flexibility index (Phi) is 5.29. The molecule has 0 aliphatic heterocycles. The Morgan fingerprint density at radius 2 is 2.00 bits per heavy atom. The van der Waals surface area contributed by atoms with Gasteiger partial charge in [0.15, 0.2) is 5.78 Å². The highest BCUT2D eigenvalue weighted by Crippen LogP contribution is 2.26. The Balaban J connectivity index is 1.57. The second kappa shape index (κ2) is 8.18. The first-order valence-corrected chi connectivity index (χ1v) is 9.77. The molecule has 7 nitrogen and oxygen atoms in total. The zero-order valence-corrected chi connectivity index (χ0v) is 16.1. The summed E-state index contributed by atoms with van der Waals surface area (Å²) in [7, 11) is 0. The number of ketones is 1. The van der Waals surface area contributed by atoms with Gasteiger partial charge in [-0.2, -0.15) is 0 Å². The van der Waals surface area contributed by atoms with Crippen LogP contribution in [0.5, 0.6) is 0 Å². The molecule has 1 atom stereocenters. The normalized spacial score (nSPS) is 12.0. The molecule has 0 amide bonds. The highest BCUT2D eigenvalue weighted by molar-refractivity contribution is 7.17. The van der Waals surface area contributed by atoms with Gasteiger partial charge in [0.05, 0.1) is 16.3 Å². The van der Waals surface area contributed by atoms with Crippen molar-refractivity contribution in [2.45, 2.75) is 25.8 Å². The molecular formula is C20H18N6OS. The van der Waals surface area contributed by atoms with Gasteiger partial charge < -0.3 is 5.32 Å². The highest BCUT2D eigenvalue weighted by atomic mass is 32.1. The van der Waals surface area contributed by atoms with Gasteiger partial charge in [0, 0.05) is 31.2 Å². The van der Waals surface area contributed by atoms with E-state index in [9.17, 15) is 4.79 Å². The third-order valence-corrected chi connectivity index (χ3v) is 5.26. The van der Waals surface area contributed by atoms with Gasteiger partial charge in [-0.25, -0.2) is 19.9 Å². The van der Waals surface area contributed by atoms with Crippen molar-refractivity contribution in [3.8, 4) is 0 Å². The third kappa shape index (κ3) is 4.01. The lowest BCUT2D eigenvalue weighted by Crippen LogP contribution is -2.12. The largest absolute Gasteiger partial charge is 0.348 e. The van der Waals surface area contributed by atoms with Crippen LogP contribution in [0.2, 0.25) is 0 Å². The third-order valence-electron chi connectivity index (χ3n) is 4.35. The summed E-state index contributed by atoms with van der Waals surface area (Å²) in [6.45, 7) is 2.01. The number of hydrogen-bond donors (Lipinski definition) is 1. The van der Waals surface area contributed by atoms with Crippen LogP contribution < -0.4 is 5.32 Å². The number of nitrogens with zero attached hydrogens (tertiary/aromatic N) is 5. The fourth-order valence-electron chi connectivity index (χ4n) is 2.86. The molecule has 0 bridgehead atoms. The van der Waals surface area contributed by atoms with E-state index in [1.807, 2.05) is 30.5 Å². The number of thiophene rings is 1. The number of aryl methyl sites for hydroxylation is 1. The van der Waals surface area contributed by atoms with Gasteiger partial charge in [0.2, 0.25) is 5.95 Å². The van der Waals surface area contributed by atoms with Gasteiger partial charge in [-0.3, -0.25) is 9.78 Å². The number of aromatic nitrogens is 5. The van der Waals surface area contributed by atoms with E-state index in [1.165, 1.54) is 17.7 Å². The van der Waals surface area contributed by atoms with E-state index in [4.69, 9.17) is 0 Å². The summed E-state index contributed by atoms with van der Waals surface area (Å²) >= 11 is 1.48. The van der Waals surface area contributed by atoms with Gasteiger partial charge in [0.25, 0.3) is 0 Å². The highest BCUT2D eigenvalue weighted by Gasteiger charge is 2.17. The number of fused-ring (bicyclic) bond motifs is 1. The van der Waals surface area contributed by atoms with Gasteiger partial charge in [-0.1, -0.05) is 6.07 Å². The lowest BCUT2D eigenvalue weighted by Gasteiger charge is -2.14. The van der Waals surface area contributed by atoms with Crippen LogP contribution in [-0.4, -0.2) is 30.7 Å². The summed E-state index contributed by atoms with van der Waals surface area (Å²) in [5.74, 6) is 0.421. The van der Waals surface area contributed by atoms with E-state index >= 15 is 0 Å². The fraction of sp³-hybridized carbons (Fsp3) is 0.200. The number of Topliss-reactive ketones (excluding diaryl/α,β-unsaturated/α-hetero) is 1. The molecule has 4 aromatic heterocycles. The molecule has 0 spiro atoms. The van der Waals surface area contributed by atoms with Crippen molar-refractivity contribution in [1.82, 2.24) is 24.9 Å². The smallest absolute Gasteiger partial charge is 0.224 e. The quantitative estimate of drug-likeness (QED) is 0.479. The Labute approximate surface area is 166 Å². The van der Waals surface area contributed by atoms with E-state index in [-0.39, 0.29) is 11.8 Å². The van der Waals surface area contributed by atoms with Crippen molar-refractivity contribution in [3.05, 3.63) is 71.5 Å². The Morgan fingerprint density at radius 1 is 1.14 bits per heavy atom. The second-order valence-corrected chi connectivity index (χ2v) is 7.27. The summed E-state index contributed by atoms with van der Waals surface area (Å²) in [6.07, 6.45) is 9.38. The Hall–Kier alpha value is -3.26. The van der Waals surface area contributed by atoms with Crippen molar-refractivity contribution in [1.29, 1.82) is 0 Å². The van der Waals surface area contributed by atoms with Crippen LogP contribution in [0.25, 0.3) is 10.2 Å². The first kappa shape index (κ1) is 18.1. The minimum Gasteiger partial charge on any atom is -0.348 e. The number of hydrogen-bond acceptors (Lipinski definition) is 8. The summed E-state index contributed by atoms with van der Waals surface area (Å²) < 4.78 is 0.814. The Morgan fingerprint density at radius 3 is 2.79 bits per heavy atom. The van der Waals surface area contributed by atoms with Crippen molar-refractivity contribution >= 4 is 33.3 Å². The average molecular weight is 390 g/mol. The predicted octanol–water partition coefficient (Wildman–Crippen LogP) is 3.86. The molecule has 0 aliphatic carbocycles. The Bertz CT molecular complexity index is 1080. The predicted molar refractivity (Wildman–Crippen MR) is 108 cm³/mol. The minimum absolute atomic E-state index is 0.0178. The van der Waals surface area contributed by atoms with E-state index in [1.54, 1.807) is 24.8 Å². The molecule has 4 aromatic rings. The lowest BCUT2D eigenvalue weighted by molar-refractivity contribution is 0.0980. The fourth-order valence-corrected chi connectivity index (χ4v) is 3.70. The molecule has 4 rings (SSSR count). The van der Waals surface area contributed by atoms with E-state index in [2.05, 4.69) is 30.2 Å². The van der Waals surface area contributed by atoms with Crippen molar-refractivity contribution < 1.29 is 4.79 Å². The summed E-state index contributed by atoms with van der Waals surface area (Å²) in [4.78, 5) is 34.1. The number of nitrogens with one attached hydrogen (secondary N) is 1. The first-order chi connectivity index (χ1) is 13.7. The zero-order chi connectivity index (χ0) is 19.3. The van der Waals surface area contributed by atoms with Crippen LogP contribution in [0.15, 0.2) is 54.7 Å². The second-order valence-electron chi connectivity index (χ2n) is 6.35. The van der Waals surface area contributed by atoms with Gasteiger partial charge in [0.1, 0.15) is 12.0 Å². The molecule has 28 heavy (non-hydrogen) atoms. The topological polar surface area (TPSA) is 93.6 Å². The maximum absolute atomic E-state index is 12.9. The number of carbonyl (C=O) groups is 1. The molecule has 8 heteroatoms. The number of pyridine rings is 1. The van der Waals surface area contributed by atoms with Crippen LogP contribution in [0.1, 0.15) is 41.0 Å². The van der Waals surface area contributed by atoms with E-state index in [0.717, 1.165) is 21.3 Å². The maximum Gasteiger partial charge on any atom is 0.224 e. The molecule has 0 aromatic carbocycles. The molecule has 4 heterocycles. The van der Waals surface area contributed by atoms with Crippen molar-refractivity contribution in [2.75, 3.05) is 5.32 Å². The minimum atomic E-state index is -0.0331. The van der Waals surface area contributed by atoms with Crippen LogP contribution in [-0.2, 0) is 6.42 Å². The molecule has 0 saturated carbocycles. The molecule has 0 radical (unpaired) electrons. The van der Waals surface area contributed by atoms with Gasteiger partial charge in [-0.15, -0.1) is 11.3 Å². The molecular weight excluding hydrogens is 372 g/mol. The monoisotopic (exact) mass is 390 g/mol. The van der Waals surface area contributed by atoms with E-state index < -0.39 is 0 Å². The average Bonchev–Trinajstić information content (AvgIpc) is 3.21. The number of anilines is 1. The molecule has 0 unspecified atom stereocenters. The zero-order valence-electron chi connectivity index (χ0n) is 15.2. The van der Waals surface area contributed by atoms with Gasteiger partial charge in [-0.05, 0) is 42.0 Å². The SMILES string of the molecule is C[C@H](Nc1nc(C(=O)CCc2cncnc2)c2sccc2n1)c1cccnc1. The van der Waals surface area contributed by atoms with Crippen molar-refractivity contribution in [3.63, 3.8) is 0 Å². The summed E-state index contributed by atoms with van der Waals surface area (Å²) in [5.41, 5.74) is 3.18. The molecule has 0 fully saturated rings. The van der Waals surface area contributed by atoms with Gasteiger partial charge >= 0.3 is 0 Å². The number of carbonyl (C=O) groups excluding carboxylic acids is 1. The number of rotatable bonds is 7.